The summed E-state index contributed by atoms with van der Waals surface area (Å²) in [5, 5.41) is 7.33. The molecule has 34 heavy (non-hydrogen) atoms. The molecule has 4 rings (SSSR count). The second-order valence-electron chi connectivity index (χ2n) is 8.46. The molecule has 0 radical (unpaired) electrons. The maximum atomic E-state index is 13.3. The molecule has 0 unspecified atom stereocenters. The van der Waals surface area contributed by atoms with Gasteiger partial charge in [0, 0.05) is 42.1 Å². The maximum absolute atomic E-state index is 13.3. The van der Waals surface area contributed by atoms with E-state index in [1.54, 1.807) is 0 Å². The smallest absolute Gasteiger partial charge is 0.224 e. The van der Waals surface area contributed by atoms with Gasteiger partial charge < -0.3 is 10.2 Å². The first-order valence-corrected chi connectivity index (χ1v) is 12.2. The number of carbonyl (C=O) groups is 1. The Morgan fingerprint density at radius 3 is 2.35 bits per heavy atom. The minimum absolute atomic E-state index is 0.0764. The van der Waals surface area contributed by atoms with Crippen molar-refractivity contribution in [3.8, 4) is 0 Å². The molecule has 0 spiro atoms. The molecule has 1 atom stereocenters. The van der Waals surface area contributed by atoms with Gasteiger partial charge in [-0.3, -0.25) is 4.79 Å². The highest BCUT2D eigenvalue weighted by molar-refractivity contribution is 6.31. The molecule has 4 aromatic rings. The van der Waals surface area contributed by atoms with Crippen LogP contribution in [-0.2, 0) is 17.9 Å². The van der Waals surface area contributed by atoms with E-state index in [9.17, 15) is 4.79 Å². The molecule has 0 bridgehead atoms. The molecule has 0 aliphatic rings. The van der Waals surface area contributed by atoms with Crippen LogP contribution < -0.4 is 5.32 Å². The van der Waals surface area contributed by atoms with Crippen LogP contribution in [0.4, 0.5) is 0 Å². The van der Waals surface area contributed by atoms with Gasteiger partial charge in [-0.1, -0.05) is 96.0 Å². The summed E-state index contributed by atoms with van der Waals surface area (Å²) in [6, 6.07) is 30.1. The van der Waals surface area contributed by atoms with Crippen molar-refractivity contribution < 1.29 is 4.79 Å². The molecule has 0 saturated carbocycles. The van der Waals surface area contributed by atoms with Crippen molar-refractivity contribution in [1.29, 1.82) is 0 Å². The lowest BCUT2D eigenvalue weighted by molar-refractivity contribution is -0.132. The summed E-state index contributed by atoms with van der Waals surface area (Å²) in [4.78, 5) is 15.1. The number of nitrogens with zero attached hydrogens (tertiary/aromatic N) is 1. The highest BCUT2D eigenvalue weighted by Gasteiger charge is 2.17. The van der Waals surface area contributed by atoms with Crippen molar-refractivity contribution in [2.75, 3.05) is 6.54 Å². The number of nitrogens with one attached hydrogen (secondary N) is 1. The van der Waals surface area contributed by atoms with Crippen LogP contribution in [0.3, 0.4) is 0 Å². The number of halogens is 2. The van der Waals surface area contributed by atoms with Gasteiger partial charge in [-0.05, 0) is 52.6 Å². The number of hydrogen-bond donors (Lipinski definition) is 1. The predicted octanol–water partition coefficient (Wildman–Crippen LogP) is 7.42. The maximum Gasteiger partial charge on any atom is 0.224 e. The Bertz CT molecular complexity index is 1250. The van der Waals surface area contributed by atoms with Crippen LogP contribution in [-0.4, -0.2) is 17.4 Å². The van der Waals surface area contributed by atoms with Crippen LogP contribution >= 0.6 is 23.2 Å². The number of hydrogen-bond acceptors (Lipinski definition) is 2. The Morgan fingerprint density at radius 2 is 1.56 bits per heavy atom. The van der Waals surface area contributed by atoms with E-state index < -0.39 is 0 Å². The van der Waals surface area contributed by atoms with E-state index in [-0.39, 0.29) is 11.9 Å². The van der Waals surface area contributed by atoms with E-state index in [1.807, 2.05) is 53.4 Å². The first-order chi connectivity index (χ1) is 16.5. The van der Waals surface area contributed by atoms with E-state index in [1.165, 1.54) is 16.3 Å². The zero-order valence-electron chi connectivity index (χ0n) is 19.2. The quantitative estimate of drug-likeness (QED) is 0.264. The lowest BCUT2D eigenvalue weighted by atomic mass is 9.99. The molecule has 0 saturated heterocycles. The summed E-state index contributed by atoms with van der Waals surface area (Å²) >= 11 is 12.4. The summed E-state index contributed by atoms with van der Waals surface area (Å²) in [5.74, 6) is 0.0764. The van der Waals surface area contributed by atoms with Crippen molar-refractivity contribution >= 4 is 39.9 Å². The van der Waals surface area contributed by atoms with Crippen LogP contribution in [0.2, 0.25) is 10.0 Å². The molecular weight excluding hydrogens is 463 g/mol. The van der Waals surface area contributed by atoms with Crippen molar-refractivity contribution in [3.63, 3.8) is 0 Å². The van der Waals surface area contributed by atoms with Crippen LogP contribution in [0.1, 0.15) is 36.1 Å². The van der Waals surface area contributed by atoms with Crippen LogP contribution in [0, 0.1) is 0 Å². The highest BCUT2D eigenvalue weighted by atomic mass is 35.5. The molecule has 4 aromatic carbocycles. The van der Waals surface area contributed by atoms with Crippen molar-refractivity contribution in [2.24, 2.45) is 0 Å². The predicted molar refractivity (Wildman–Crippen MR) is 142 cm³/mol. The second-order valence-corrected chi connectivity index (χ2v) is 9.31. The molecule has 1 amide bonds. The highest BCUT2D eigenvalue weighted by Crippen LogP contribution is 2.24. The van der Waals surface area contributed by atoms with Crippen LogP contribution in [0.15, 0.2) is 91.0 Å². The molecule has 3 nitrogen and oxygen atoms in total. The molecule has 0 aliphatic carbocycles. The fraction of sp³-hybridized carbons (Fsp3) is 0.207. The third-order valence-electron chi connectivity index (χ3n) is 6.04. The first-order valence-electron chi connectivity index (χ1n) is 11.5. The minimum Gasteiger partial charge on any atom is -0.334 e. The normalized spacial score (nSPS) is 12.0. The van der Waals surface area contributed by atoms with Crippen molar-refractivity contribution in [1.82, 2.24) is 10.2 Å². The average Bonchev–Trinajstić information content (AvgIpc) is 2.85. The summed E-state index contributed by atoms with van der Waals surface area (Å²) in [7, 11) is 0. The lowest BCUT2D eigenvalue weighted by Crippen LogP contribution is -2.33. The molecular formula is C29H28Cl2N2O. The zero-order valence-corrected chi connectivity index (χ0v) is 20.7. The van der Waals surface area contributed by atoms with Crippen molar-refractivity contribution in [3.05, 3.63) is 118 Å². The number of benzene rings is 4. The van der Waals surface area contributed by atoms with Crippen LogP contribution in [0.5, 0.6) is 0 Å². The Hall–Kier alpha value is -2.85. The SMILES string of the molecule is C[C@@H](NCCC(=O)N(Cc1ccc(Cl)cc1)Cc1ccccc1Cl)c1cccc2ccccc12. The lowest BCUT2D eigenvalue weighted by Gasteiger charge is -2.24. The topological polar surface area (TPSA) is 32.3 Å². The van der Waals surface area contributed by atoms with Gasteiger partial charge in [-0.25, -0.2) is 0 Å². The molecule has 5 heteroatoms. The molecule has 0 heterocycles. The third-order valence-corrected chi connectivity index (χ3v) is 6.66. The monoisotopic (exact) mass is 490 g/mol. The van der Waals surface area contributed by atoms with Gasteiger partial charge in [0.1, 0.15) is 0 Å². The second kappa shape index (κ2) is 11.5. The average molecular weight is 491 g/mol. The van der Waals surface area contributed by atoms with Crippen molar-refractivity contribution in [2.45, 2.75) is 32.5 Å². The third kappa shape index (κ3) is 6.18. The van der Waals surface area contributed by atoms with E-state index in [4.69, 9.17) is 23.2 Å². The van der Waals surface area contributed by atoms with Gasteiger partial charge in [0.2, 0.25) is 5.91 Å². The first kappa shape index (κ1) is 24.3. The largest absolute Gasteiger partial charge is 0.334 e. The Labute approximate surface area is 211 Å². The van der Waals surface area contributed by atoms with Gasteiger partial charge in [0.15, 0.2) is 0 Å². The summed E-state index contributed by atoms with van der Waals surface area (Å²) in [6.07, 6.45) is 0.396. The fourth-order valence-corrected chi connectivity index (χ4v) is 4.49. The van der Waals surface area contributed by atoms with Crippen LogP contribution in [0.25, 0.3) is 10.8 Å². The zero-order chi connectivity index (χ0) is 23.9. The fourth-order valence-electron chi connectivity index (χ4n) is 4.17. The minimum atomic E-state index is 0.0764. The van der Waals surface area contributed by atoms with Gasteiger partial charge in [-0.2, -0.15) is 0 Å². The number of fused-ring (bicyclic) bond motifs is 1. The summed E-state index contributed by atoms with van der Waals surface area (Å²) in [6.45, 7) is 3.68. The molecule has 0 aliphatic heterocycles. The Balaban J connectivity index is 1.43. The Kier molecular flexibility index (Phi) is 8.23. The van der Waals surface area contributed by atoms with E-state index in [2.05, 4.69) is 54.7 Å². The van der Waals surface area contributed by atoms with Gasteiger partial charge >= 0.3 is 0 Å². The van der Waals surface area contributed by atoms with E-state index in [0.717, 1.165) is 11.1 Å². The molecule has 0 aromatic heterocycles. The number of rotatable bonds is 9. The standard InChI is InChI=1S/C29H28Cl2N2O/c1-21(26-11-6-9-23-7-2-4-10-27(23)26)32-18-17-29(34)33(19-22-13-15-25(30)16-14-22)20-24-8-3-5-12-28(24)31/h2-16,21,32H,17-20H2,1H3/t21-/m1/s1. The number of carbonyl (C=O) groups excluding carboxylic acids is 1. The molecule has 0 fully saturated rings. The van der Waals surface area contributed by atoms with Gasteiger partial charge in [-0.15, -0.1) is 0 Å². The summed E-state index contributed by atoms with van der Waals surface area (Å²) < 4.78 is 0. The van der Waals surface area contributed by atoms with Gasteiger partial charge in [0.25, 0.3) is 0 Å². The van der Waals surface area contributed by atoms with E-state index in [0.29, 0.717) is 36.1 Å². The number of amides is 1. The summed E-state index contributed by atoms with van der Waals surface area (Å²) in [5.41, 5.74) is 3.20. The van der Waals surface area contributed by atoms with E-state index >= 15 is 0 Å². The molecule has 174 valence electrons. The Morgan fingerprint density at radius 1 is 0.853 bits per heavy atom. The molecule has 1 N–H and O–H groups in total. The van der Waals surface area contributed by atoms with Gasteiger partial charge in [0.05, 0.1) is 0 Å².